The molecule has 23 heavy (non-hydrogen) atoms. The fourth-order valence-electron chi connectivity index (χ4n) is 2.14. The second kappa shape index (κ2) is 7.40. The summed E-state index contributed by atoms with van der Waals surface area (Å²) in [5.74, 6) is -2.34. The van der Waals surface area contributed by atoms with Crippen LogP contribution in [-0.2, 0) is 4.79 Å². The monoisotopic (exact) mass is 325 g/mol. The van der Waals surface area contributed by atoms with E-state index in [0.717, 1.165) is 12.1 Å². The van der Waals surface area contributed by atoms with Crippen molar-refractivity contribution in [2.45, 2.75) is 25.8 Å². The van der Waals surface area contributed by atoms with Crippen molar-refractivity contribution in [2.75, 3.05) is 0 Å². The molecule has 1 rings (SSSR count). The predicted octanol–water partition coefficient (Wildman–Crippen LogP) is 1.51. The molecule has 0 aliphatic heterocycles. The molecule has 0 saturated carbocycles. The van der Waals surface area contributed by atoms with Crippen LogP contribution >= 0.6 is 0 Å². The predicted molar refractivity (Wildman–Crippen MR) is 78.1 cm³/mol. The smallest absolute Gasteiger partial charge is 0.356 e. The second-order valence-corrected chi connectivity index (χ2v) is 5.10. The van der Waals surface area contributed by atoms with Gasteiger partial charge in [-0.1, -0.05) is 13.0 Å². The Morgan fingerprint density at radius 3 is 2.35 bits per heavy atom. The van der Waals surface area contributed by atoms with E-state index >= 15 is 0 Å². The first-order valence-corrected chi connectivity index (χ1v) is 6.58. The number of carbonyl (C=O) groups is 2. The molecule has 10 heteroatoms. The minimum atomic E-state index is -1.22. The van der Waals surface area contributed by atoms with E-state index in [1.165, 1.54) is 6.07 Å². The van der Waals surface area contributed by atoms with Gasteiger partial charge in [-0.15, -0.1) is 0 Å². The van der Waals surface area contributed by atoms with Gasteiger partial charge in [0.2, 0.25) is 0 Å². The van der Waals surface area contributed by atoms with Crippen LogP contribution in [0.4, 0.5) is 11.4 Å². The zero-order valence-electron chi connectivity index (χ0n) is 12.2. The Kier molecular flexibility index (Phi) is 5.85. The lowest BCUT2D eigenvalue weighted by atomic mass is 9.93. The van der Waals surface area contributed by atoms with E-state index < -0.39 is 44.9 Å². The number of ketones is 1. The highest BCUT2D eigenvalue weighted by Gasteiger charge is 2.31. The van der Waals surface area contributed by atoms with Gasteiger partial charge in [0.1, 0.15) is 11.6 Å². The number of rotatable bonds is 8. The van der Waals surface area contributed by atoms with Crippen LogP contribution in [0.25, 0.3) is 0 Å². The Morgan fingerprint density at radius 2 is 1.87 bits per heavy atom. The van der Waals surface area contributed by atoms with Crippen molar-refractivity contribution in [1.82, 2.24) is 0 Å². The van der Waals surface area contributed by atoms with Gasteiger partial charge in [-0.2, -0.15) is 0 Å². The van der Waals surface area contributed by atoms with Gasteiger partial charge in [0.15, 0.2) is 5.78 Å². The third-order valence-electron chi connectivity index (χ3n) is 3.20. The van der Waals surface area contributed by atoms with Crippen molar-refractivity contribution in [1.29, 1.82) is 0 Å². The molecule has 0 bridgehead atoms. The Hall–Kier alpha value is -2.88. The molecular formula is C13H15N3O7. The minimum absolute atomic E-state index is 0.00377. The summed E-state index contributed by atoms with van der Waals surface area (Å²) in [6.45, 7) is 1.57. The Bertz CT molecular complexity index is 659. The number of carboxylic acid groups (broad SMARTS) is 1. The van der Waals surface area contributed by atoms with Crippen LogP contribution in [0.5, 0.6) is 0 Å². The summed E-state index contributed by atoms with van der Waals surface area (Å²) in [6.07, 6.45) is -0.202. The van der Waals surface area contributed by atoms with E-state index in [2.05, 4.69) is 0 Å². The van der Waals surface area contributed by atoms with Crippen molar-refractivity contribution in [3.05, 3.63) is 44.0 Å². The highest BCUT2D eigenvalue weighted by molar-refractivity contribution is 6.01. The fraction of sp³-hybridized carbons (Fsp3) is 0.385. The number of carboxylic acids is 1. The molecule has 0 fully saturated rings. The fourth-order valence-corrected chi connectivity index (χ4v) is 2.14. The van der Waals surface area contributed by atoms with Crippen LogP contribution in [0.2, 0.25) is 0 Å². The number of nitro groups is 2. The number of Topliss-reactive ketones (excluding diaryl/α,β-unsaturated/α-hetero) is 1. The largest absolute Gasteiger partial charge is 0.480 e. The average molecular weight is 325 g/mol. The van der Waals surface area contributed by atoms with Crippen molar-refractivity contribution in [3.63, 3.8) is 0 Å². The summed E-state index contributed by atoms with van der Waals surface area (Å²) in [6, 6.07) is 2.11. The summed E-state index contributed by atoms with van der Waals surface area (Å²) < 4.78 is 0. The van der Waals surface area contributed by atoms with E-state index in [9.17, 15) is 29.8 Å². The minimum Gasteiger partial charge on any atom is -0.480 e. The van der Waals surface area contributed by atoms with Crippen LogP contribution in [0.1, 0.15) is 30.1 Å². The summed E-state index contributed by atoms with van der Waals surface area (Å²) in [4.78, 5) is 42.9. The topological polar surface area (TPSA) is 167 Å². The van der Waals surface area contributed by atoms with E-state index in [4.69, 9.17) is 10.8 Å². The molecule has 1 aromatic rings. The number of nitrogens with two attached hydrogens (primary N) is 1. The molecule has 0 aliphatic rings. The summed E-state index contributed by atoms with van der Waals surface area (Å²) >= 11 is 0. The van der Waals surface area contributed by atoms with Gasteiger partial charge in [-0.25, -0.2) is 0 Å². The number of carbonyl (C=O) groups excluding carboxylic acids is 1. The highest BCUT2D eigenvalue weighted by atomic mass is 16.6. The lowest BCUT2D eigenvalue weighted by molar-refractivity contribution is -0.422. The normalized spacial score (nSPS) is 13.1. The number of nitro benzene ring substituents is 2. The first-order valence-electron chi connectivity index (χ1n) is 6.58. The van der Waals surface area contributed by atoms with E-state index in [-0.39, 0.29) is 18.4 Å². The maximum Gasteiger partial charge on any atom is 0.356 e. The van der Waals surface area contributed by atoms with Crippen molar-refractivity contribution in [2.24, 2.45) is 11.7 Å². The van der Waals surface area contributed by atoms with Crippen LogP contribution in [0.15, 0.2) is 18.2 Å². The number of hydrogen-bond acceptors (Lipinski definition) is 7. The molecule has 0 aliphatic carbocycles. The van der Waals surface area contributed by atoms with Crippen molar-refractivity contribution < 1.29 is 24.5 Å². The molecule has 1 aromatic carbocycles. The Balaban J connectivity index is 3.05. The van der Waals surface area contributed by atoms with Crippen molar-refractivity contribution in [3.8, 4) is 0 Å². The zero-order valence-corrected chi connectivity index (χ0v) is 12.2. The molecule has 3 N–H and O–H groups in total. The van der Waals surface area contributed by atoms with Gasteiger partial charge in [-0.3, -0.25) is 29.8 Å². The Morgan fingerprint density at radius 1 is 1.26 bits per heavy atom. The van der Waals surface area contributed by atoms with Gasteiger partial charge >= 0.3 is 17.3 Å². The van der Waals surface area contributed by atoms with Gasteiger partial charge in [0, 0.05) is 12.5 Å². The number of para-hydroxylation sites is 1. The molecule has 0 radical (unpaired) electrons. The summed E-state index contributed by atoms with van der Waals surface area (Å²) in [5.41, 5.74) is 3.36. The third kappa shape index (κ3) is 4.54. The lowest BCUT2D eigenvalue weighted by Gasteiger charge is -2.13. The van der Waals surface area contributed by atoms with Crippen LogP contribution < -0.4 is 5.73 Å². The quantitative estimate of drug-likeness (QED) is 0.412. The van der Waals surface area contributed by atoms with Crippen LogP contribution in [0, 0.1) is 26.1 Å². The Labute approximate surface area is 130 Å². The van der Waals surface area contributed by atoms with Gasteiger partial charge in [-0.05, 0) is 18.4 Å². The van der Waals surface area contributed by atoms with E-state index in [1.54, 1.807) is 6.92 Å². The maximum absolute atomic E-state index is 12.2. The lowest BCUT2D eigenvalue weighted by Crippen LogP contribution is -2.32. The van der Waals surface area contributed by atoms with Gasteiger partial charge < -0.3 is 10.8 Å². The first kappa shape index (κ1) is 18.2. The SMILES string of the molecule is CC(CC(=O)c1cccc([N+](=O)[O-])c1[N+](=O)[O-])C[C@H](N)C(=O)O. The van der Waals surface area contributed by atoms with Gasteiger partial charge in [0.05, 0.1) is 9.85 Å². The first-order chi connectivity index (χ1) is 10.6. The molecule has 0 saturated heterocycles. The summed E-state index contributed by atoms with van der Waals surface area (Å²) in [5, 5.41) is 30.6. The van der Waals surface area contributed by atoms with Crippen LogP contribution in [0.3, 0.4) is 0 Å². The molecule has 0 spiro atoms. The third-order valence-corrected chi connectivity index (χ3v) is 3.20. The average Bonchev–Trinajstić information content (AvgIpc) is 2.45. The second-order valence-electron chi connectivity index (χ2n) is 5.10. The van der Waals surface area contributed by atoms with E-state index in [0.29, 0.717) is 0 Å². The molecule has 2 atom stereocenters. The molecule has 0 amide bonds. The molecule has 0 aromatic heterocycles. The molecule has 1 unspecified atom stereocenters. The number of aliphatic carboxylic acids is 1. The highest BCUT2D eigenvalue weighted by Crippen LogP contribution is 2.32. The zero-order chi connectivity index (χ0) is 17.7. The standard InChI is InChI=1S/C13H15N3O7/c1-7(5-9(14)13(18)19)6-11(17)8-3-2-4-10(15(20)21)12(8)16(22)23/h2-4,7,9H,5-6,14H2,1H3,(H,18,19)/t7?,9-/m0/s1. The molecular weight excluding hydrogens is 310 g/mol. The molecule has 124 valence electrons. The van der Waals surface area contributed by atoms with Crippen molar-refractivity contribution >= 4 is 23.1 Å². The summed E-state index contributed by atoms with van der Waals surface area (Å²) in [7, 11) is 0. The number of benzene rings is 1. The maximum atomic E-state index is 12.2. The molecule has 0 heterocycles. The van der Waals surface area contributed by atoms with E-state index in [1.807, 2.05) is 0 Å². The van der Waals surface area contributed by atoms with Crippen LogP contribution in [-0.4, -0.2) is 32.7 Å². The molecule has 10 nitrogen and oxygen atoms in total. The number of hydrogen-bond donors (Lipinski definition) is 2. The van der Waals surface area contributed by atoms with Gasteiger partial charge in [0.25, 0.3) is 0 Å². The number of nitrogens with zero attached hydrogens (tertiary/aromatic N) is 2.